The molecule has 172 valence electrons. The molecule has 8 nitrogen and oxygen atoms in total. The number of esters is 2. The number of ether oxygens (including phenoxy) is 2. The van der Waals surface area contributed by atoms with Gasteiger partial charge >= 0.3 is 11.9 Å². The third-order valence-electron chi connectivity index (χ3n) is 5.86. The average molecular weight is 479 g/mol. The Bertz CT molecular complexity index is 1100. The Labute approximate surface area is 191 Å². The summed E-state index contributed by atoms with van der Waals surface area (Å²) >= 11 is 1.14. The number of thiazole rings is 1. The van der Waals surface area contributed by atoms with Crippen molar-refractivity contribution in [1.29, 1.82) is 0 Å². The first-order valence-electron chi connectivity index (χ1n) is 10.8. The SMILES string of the molecule is CCOC(=O)c1nc(COC(=O)C2CCN(S(=O)(=O)c3ccc4c(c3)CCC4)CC2)cs1. The average Bonchev–Trinajstić information content (AvgIpc) is 3.46. The van der Waals surface area contributed by atoms with Crippen LogP contribution < -0.4 is 0 Å². The van der Waals surface area contributed by atoms with Crippen LogP contribution in [0, 0.1) is 5.92 Å². The molecule has 1 aromatic heterocycles. The van der Waals surface area contributed by atoms with Gasteiger partial charge in [0.25, 0.3) is 0 Å². The summed E-state index contributed by atoms with van der Waals surface area (Å²) in [6.07, 6.45) is 3.82. The van der Waals surface area contributed by atoms with Gasteiger partial charge in [-0.05, 0) is 62.3 Å². The van der Waals surface area contributed by atoms with E-state index in [4.69, 9.17) is 9.47 Å². The van der Waals surface area contributed by atoms with Gasteiger partial charge in [-0.25, -0.2) is 18.2 Å². The summed E-state index contributed by atoms with van der Waals surface area (Å²) in [5.74, 6) is -1.22. The maximum Gasteiger partial charge on any atom is 0.367 e. The molecule has 0 unspecified atom stereocenters. The molecule has 0 bridgehead atoms. The second kappa shape index (κ2) is 9.68. The summed E-state index contributed by atoms with van der Waals surface area (Å²) in [5.41, 5.74) is 2.85. The van der Waals surface area contributed by atoms with E-state index in [1.54, 1.807) is 24.4 Å². The van der Waals surface area contributed by atoms with Crippen LogP contribution in [0.25, 0.3) is 0 Å². The molecule has 0 spiro atoms. The van der Waals surface area contributed by atoms with Crippen LogP contribution in [0.15, 0.2) is 28.5 Å². The lowest BCUT2D eigenvalue weighted by Gasteiger charge is -2.30. The van der Waals surface area contributed by atoms with E-state index in [0.29, 0.717) is 23.4 Å². The number of hydrogen-bond donors (Lipinski definition) is 0. The third-order valence-corrected chi connectivity index (χ3v) is 8.62. The molecule has 0 radical (unpaired) electrons. The van der Waals surface area contributed by atoms with E-state index >= 15 is 0 Å². The summed E-state index contributed by atoms with van der Waals surface area (Å²) in [7, 11) is -3.57. The lowest BCUT2D eigenvalue weighted by Crippen LogP contribution is -2.40. The van der Waals surface area contributed by atoms with Crippen LogP contribution in [0.1, 0.15) is 52.8 Å². The smallest absolute Gasteiger partial charge is 0.367 e. The Balaban J connectivity index is 1.29. The summed E-state index contributed by atoms with van der Waals surface area (Å²) in [5, 5.41) is 1.88. The van der Waals surface area contributed by atoms with Gasteiger partial charge in [0.15, 0.2) is 0 Å². The maximum atomic E-state index is 13.0. The van der Waals surface area contributed by atoms with Crippen molar-refractivity contribution in [2.75, 3.05) is 19.7 Å². The molecule has 0 saturated carbocycles. The van der Waals surface area contributed by atoms with Crippen LogP contribution in [0.4, 0.5) is 0 Å². The lowest BCUT2D eigenvalue weighted by atomic mass is 9.98. The Morgan fingerprint density at radius 1 is 1.16 bits per heavy atom. The van der Waals surface area contributed by atoms with E-state index in [2.05, 4.69) is 4.98 Å². The molecule has 2 aromatic rings. The Morgan fingerprint density at radius 2 is 1.91 bits per heavy atom. The van der Waals surface area contributed by atoms with Crippen LogP contribution in [0.3, 0.4) is 0 Å². The number of nitrogens with zero attached hydrogens (tertiary/aromatic N) is 2. The minimum Gasteiger partial charge on any atom is -0.461 e. The summed E-state index contributed by atoms with van der Waals surface area (Å²) < 4.78 is 37.8. The molecule has 0 N–H and O–H groups in total. The number of hydrogen-bond acceptors (Lipinski definition) is 8. The summed E-state index contributed by atoms with van der Waals surface area (Å²) in [6, 6.07) is 5.42. The molecule has 1 aromatic carbocycles. The molecule has 1 saturated heterocycles. The molecular formula is C22H26N2O6S2. The van der Waals surface area contributed by atoms with Crippen molar-refractivity contribution < 1.29 is 27.5 Å². The standard InChI is InChI=1S/C22H26N2O6S2/c1-2-29-22(26)20-23-18(14-31-20)13-30-21(25)16-8-10-24(11-9-16)32(27,28)19-7-6-15-4-3-5-17(15)12-19/h6-7,12,14,16H,2-5,8-11,13H2,1H3. The largest absolute Gasteiger partial charge is 0.461 e. The van der Waals surface area contributed by atoms with Gasteiger partial charge in [-0.15, -0.1) is 11.3 Å². The fourth-order valence-electron chi connectivity index (χ4n) is 4.11. The minimum absolute atomic E-state index is 0.0254. The van der Waals surface area contributed by atoms with E-state index in [0.717, 1.165) is 36.2 Å². The highest BCUT2D eigenvalue weighted by atomic mass is 32.2. The van der Waals surface area contributed by atoms with Crippen LogP contribution in [0.2, 0.25) is 0 Å². The molecule has 32 heavy (non-hydrogen) atoms. The molecular weight excluding hydrogens is 452 g/mol. The molecule has 1 aliphatic carbocycles. The topological polar surface area (TPSA) is 103 Å². The minimum atomic E-state index is -3.57. The van der Waals surface area contributed by atoms with Crippen LogP contribution in [-0.2, 0) is 43.7 Å². The Hall–Kier alpha value is -2.30. The van der Waals surface area contributed by atoms with Crippen LogP contribution in [-0.4, -0.2) is 49.3 Å². The van der Waals surface area contributed by atoms with E-state index in [1.165, 1.54) is 9.87 Å². The Kier molecular flexibility index (Phi) is 6.92. The Morgan fingerprint density at radius 3 is 2.66 bits per heavy atom. The molecule has 0 atom stereocenters. The molecule has 2 heterocycles. The van der Waals surface area contributed by atoms with Crippen molar-refractivity contribution in [2.24, 2.45) is 5.92 Å². The van der Waals surface area contributed by atoms with Gasteiger partial charge < -0.3 is 9.47 Å². The van der Waals surface area contributed by atoms with E-state index < -0.39 is 16.0 Å². The number of benzene rings is 1. The van der Waals surface area contributed by atoms with Gasteiger partial charge in [-0.3, -0.25) is 4.79 Å². The highest BCUT2D eigenvalue weighted by molar-refractivity contribution is 7.89. The first-order valence-corrected chi connectivity index (χ1v) is 13.1. The zero-order chi connectivity index (χ0) is 22.7. The van der Waals surface area contributed by atoms with Crippen LogP contribution in [0.5, 0.6) is 0 Å². The molecule has 10 heteroatoms. The quantitative estimate of drug-likeness (QED) is 0.564. The molecule has 0 amide bonds. The number of piperidine rings is 1. The molecule has 2 aliphatic rings. The second-order valence-electron chi connectivity index (χ2n) is 7.93. The number of aromatic nitrogens is 1. The van der Waals surface area contributed by atoms with Gasteiger partial charge in [-0.1, -0.05) is 6.07 Å². The highest BCUT2D eigenvalue weighted by Crippen LogP contribution is 2.29. The van der Waals surface area contributed by atoms with E-state index in [9.17, 15) is 18.0 Å². The van der Waals surface area contributed by atoms with Crippen molar-refractivity contribution >= 4 is 33.3 Å². The first kappa shape index (κ1) is 22.9. The van der Waals surface area contributed by atoms with Crippen molar-refractivity contribution in [3.8, 4) is 0 Å². The van der Waals surface area contributed by atoms with E-state index in [1.807, 2.05) is 6.07 Å². The zero-order valence-corrected chi connectivity index (χ0v) is 19.5. The summed E-state index contributed by atoms with van der Waals surface area (Å²) in [6.45, 7) is 2.52. The van der Waals surface area contributed by atoms with Crippen molar-refractivity contribution in [1.82, 2.24) is 9.29 Å². The van der Waals surface area contributed by atoms with E-state index in [-0.39, 0.29) is 43.2 Å². The number of carbonyl (C=O) groups excluding carboxylic acids is 2. The first-order chi connectivity index (χ1) is 15.4. The third kappa shape index (κ3) is 4.87. The number of sulfonamides is 1. The lowest BCUT2D eigenvalue weighted by molar-refractivity contribution is -0.151. The van der Waals surface area contributed by atoms with Gasteiger partial charge in [0.1, 0.15) is 6.61 Å². The number of fused-ring (bicyclic) bond motifs is 1. The van der Waals surface area contributed by atoms with Crippen molar-refractivity contribution in [3.05, 3.63) is 45.4 Å². The second-order valence-corrected chi connectivity index (χ2v) is 10.7. The number of carbonyl (C=O) groups is 2. The van der Waals surface area contributed by atoms with Crippen molar-refractivity contribution in [3.63, 3.8) is 0 Å². The monoisotopic (exact) mass is 478 g/mol. The predicted octanol–water partition coefficient (Wildman–Crippen LogP) is 2.95. The fraction of sp³-hybridized carbons (Fsp3) is 0.500. The highest BCUT2D eigenvalue weighted by Gasteiger charge is 2.33. The fourth-order valence-corrected chi connectivity index (χ4v) is 6.33. The number of rotatable bonds is 7. The van der Waals surface area contributed by atoms with Crippen LogP contribution >= 0.6 is 11.3 Å². The predicted molar refractivity (Wildman–Crippen MR) is 118 cm³/mol. The summed E-state index contributed by atoms with van der Waals surface area (Å²) in [4.78, 5) is 28.6. The maximum absolute atomic E-state index is 13.0. The molecule has 1 fully saturated rings. The zero-order valence-electron chi connectivity index (χ0n) is 17.9. The van der Waals surface area contributed by atoms with Gasteiger partial charge in [0, 0.05) is 18.5 Å². The van der Waals surface area contributed by atoms with Crippen molar-refractivity contribution in [2.45, 2.75) is 50.5 Å². The molecule has 4 rings (SSSR count). The van der Waals surface area contributed by atoms with Gasteiger partial charge in [0.2, 0.25) is 15.0 Å². The molecule has 1 aliphatic heterocycles. The van der Waals surface area contributed by atoms with Gasteiger partial charge in [0.05, 0.1) is 23.1 Å². The van der Waals surface area contributed by atoms with Gasteiger partial charge in [-0.2, -0.15) is 4.31 Å². The normalized spacial score (nSPS) is 17.2. The number of aryl methyl sites for hydroxylation is 2.